The number of alkyl halides is 1. The van der Waals surface area contributed by atoms with E-state index in [1.54, 1.807) is 0 Å². The van der Waals surface area contributed by atoms with E-state index in [1.807, 2.05) is 6.92 Å². The Morgan fingerprint density at radius 2 is 2.00 bits per heavy atom. The van der Waals surface area contributed by atoms with Gasteiger partial charge in [0.15, 0.2) is 0 Å². The summed E-state index contributed by atoms with van der Waals surface area (Å²) < 4.78 is 13.4. The number of halogens is 1. The highest BCUT2D eigenvalue weighted by Gasteiger charge is 2.59. The molecule has 11 heavy (non-hydrogen) atoms. The van der Waals surface area contributed by atoms with Crippen molar-refractivity contribution in [2.24, 2.45) is 11.1 Å². The first-order chi connectivity index (χ1) is 5.08. The molecule has 1 nitrogen and oxygen atoms in total. The van der Waals surface area contributed by atoms with E-state index in [1.165, 1.54) is 0 Å². The molecule has 0 aromatic rings. The highest BCUT2D eigenvalue weighted by atomic mass is 19.1. The summed E-state index contributed by atoms with van der Waals surface area (Å²) in [7, 11) is 0. The summed E-state index contributed by atoms with van der Waals surface area (Å²) in [5.74, 6) is 0. The minimum atomic E-state index is -0.819. The molecule has 2 fully saturated rings. The Bertz CT molecular complexity index is 164. The number of hydrogen-bond donors (Lipinski definition) is 1. The van der Waals surface area contributed by atoms with Crippen molar-refractivity contribution in [1.82, 2.24) is 0 Å². The lowest BCUT2D eigenvalue weighted by Gasteiger charge is -2.59. The maximum atomic E-state index is 13.4. The third-order valence-electron chi connectivity index (χ3n) is 3.41. The minimum absolute atomic E-state index is 0.351. The van der Waals surface area contributed by atoms with Crippen LogP contribution in [0.15, 0.2) is 0 Å². The predicted molar refractivity (Wildman–Crippen MR) is 43.0 cm³/mol. The first kappa shape index (κ1) is 7.53. The molecule has 0 amide bonds. The van der Waals surface area contributed by atoms with Crippen LogP contribution in [0.5, 0.6) is 0 Å². The molecular formula is C9H16FN. The molecule has 0 aliphatic heterocycles. The van der Waals surface area contributed by atoms with Gasteiger partial charge in [-0.3, -0.25) is 0 Å². The van der Waals surface area contributed by atoms with Crippen LogP contribution in [-0.4, -0.2) is 11.7 Å². The monoisotopic (exact) mass is 157 g/mol. The van der Waals surface area contributed by atoms with Crippen LogP contribution in [0.1, 0.15) is 39.0 Å². The number of hydrogen-bond acceptors (Lipinski definition) is 1. The van der Waals surface area contributed by atoms with Gasteiger partial charge in [0.1, 0.15) is 5.67 Å². The summed E-state index contributed by atoms with van der Waals surface area (Å²) in [4.78, 5) is 0. The molecule has 2 rings (SSSR count). The van der Waals surface area contributed by atoms with E-state index in [9.17, 15) is 4.39 Å². The van der Waals surface area contributed by atoms with Crippen LogP contribution in [0.2, 0.25) is 0 Å². The maximum absolute atomic E-state index is 13.4. The van der Waals surface area contributed by atoms with Crippen LogP contribution < -0.4 is 5.73 Å². The zero-order valence-corrected chi connectivity index (χ0v) is 7.07. The molecule has 2 heteroatoms. The lowest BCUT2D eigenvalue weighted by molar-refractivity contribution is -0.123. The highest BCUT2D eigenvalue weighted by Crippen LogP contribution is 2.62. The highest BCUT2D eigenvalue weighted by molar-refractivity contribution is 5.11. The summed E-state index contributed by atoms with van der Waals surface area (Å²) in [6, 6.07) is 0.372. The van der Waals surface area contributed by atoms with E-state index in [4.69, 9.17) is 5.73 Å². The number of nitrogens with two attached hydrogens (primary N) is 1. The molecule has 0 heterocycles. The van der Waals surface area contributed by atoms with Crippen molar-refractivity contribution in [2.75, 3.05) is 0 Å². The van der Waals surface area contributed by atoms with Crippen molar-refractivity contribution in [2.45, 2.75) is 50.7 Å². The first-order valence-corrected chi connectivity index (χ1v) is 4.52. The first-order valence-electron chi connectivity index (χ1n) is 4.52. The minimum Gasteiger partial charge on any atom is -0.328 e. The summed E-state index contributed by atoms with van der Waals surface area (Å²) in [5.41, 5.74) is 5.20. The largest absolute Gasteiger partial charge is 0.328 e. The summed E-state index contributed by atoms with van der Waals surface area (Å²) in [6.07, 6.45) is 4.38. The molecule has 0 unspecified atom stereocenters. The zero-order chi connectivity index (χ0) is 8.11. The van der Waals surface area contributed by atoms with Crippen molar-refractivity contribution < 1.29 is 4.39 Å². The van der Waals surface area contributed by atoms with Crippen LogP contribution in [0.4, 0.5) is 4.39 Å². The van der Waals surface area contributed by atoms with Gasteiger partial charge in [-0.25, -0.2) is 4.39 Å². The Hall–Kier alpha value is -0.110. The van der Waals surface area contributed by atoms with E-state index in [0.29, 0.717) is 17.9 Å². The average molecular weight is 157 g/mol. The normalized spacial score (nSPS) is 55.4. The van der Waals surface area contributed by atoms with Gasteiger partial charge in [0.05, 0.1) is 0 Å². The van der Waals surface area contributed by atoms with Crippen molar-refractivity contribution in [3.63, 3.8) is 0 Å². The Morgan fingerprint density at radius 3 is 2.36 bits per heavy atom. The van der Waals surface area contributed by atoms with Gasteiger partial charge in [0.25, 0.3) is 0 Å². The van der Waals surface area contributed by atoms with E-state index >= 15 is 0 Å². The molecule has 0 aromatic heterocycles. The van der Waals surface area contributed by atoms with E-state index in [-0.39, 0.29) is 0 Å². The van der Waals surface area contributed by atoms with Crippen LogP contribution in [0.25, 0.3) is 0 Å². The molecule has 2 saturated carbocycles. The quantitative estimate of drug-likeness (QED) is 0.619. The van der Waals surface area contributed by atoms with E-state index in [2.05, 4.69) is 0 Å². The van der Waals surface area contributed by atoms with Gasteiger partial charge in [-0.1, -0.05) is 6.92 Å². The molecule has 2 aliphatic rings. The van der Waals surface area contributed by atoms with Crippen LogP contribution in [-0.2, 0) is 0 Å². The fourth-order valence-corrected chi connectivity index (χ4v) is 2.88. The van der Waals surface area contributed by atoms with Crippen molar-refractivity contribution in [1.29, 1.82) is 0 Å². The second-order valence-corrected chi connectivity index (χ2v) is 4.53. The summed E-state index contributed by atoms with van der Waals surface area (Å²) in [5, 5.41) is 0. The van der Waals surface area contributed by atoms with Crippen LogP contribution in [0.3, 0.4) is 0 Å². The van der Waals surface area contributed by atoms with E-state index < -0.39 is 5.67 Å². The Balaban J connectivity index is 1.88. The van der Waals surface area contributed by atoms with Gasteiger partial charge in [-0.15, -0.1) is 0 Å². The Morgan fingerprint density at radius 1 is 1.45 bits per heavy atom. The molecular weight excluding hydrogens is 141 g/mol. The molecule has 2 aliphatic carbocycles. The second-order valence-electron chi connectivity index (χ2n) is 4.53. The Kier molecular flexibility index (Phi) is 1.35. The standard InChI is InChI=1S/C9H16FN/c1-2-9(10)5-8(6-9)3-7(11)4-8/h7H,2-6,11H2,1H3. The second kappa shape index (κ2) is 1.98. The molecule has 0 atom stereocenters. The fourth-order valence-electron chi connectivity index (χ4n) is 2.88. The van der Waals surface area contributed by atoms with Gasteiger partial charge in [-0.05, 0) is 37.5 Å². The van der Waals surface area contributed by atoms with Gasteiger partial charge in [0, 0.05) is 6.04 Å². The lowest BCUT2D eigenvalue weighted by atomic mass is 9.48. The van der Waals surface area contributed by atoms with Crippen LogP contribution >= 0.6 is 0 Å². The van der Waals surface area contributed by atoms with Crippen molar-refractivity contribution in [3.05, 3.63) is 0 Å². The maximum Gasteiger partial charge on any atom is 0.111 e. The van der Waals surface area contributed by atoms with Crippen molar-refractivity contribution >= 4 is 0 Å². The lowest BCUT2D eigenvalue weighted by Crippen LogP contribution is -2.59. The van der Waals surface area contributed by atoms with Gasteiger partial charge >= 0.3 is 0 Å². The average Bonchev–Trinajstić information content (AvgIpc) is 1.81. The zero-order valence-electron chi connectivity index (χ0n) is 7.07. The molecule has 0 saturated heterocycles. The molecule has 0 bridgehead atoms. The van der Waals surface area contributed by atoms with Crippen LogP contribution in [0, 0.1) is 5.41 Å². The molecule has 0 aromatic carbocycles. The summed E-state index contributed by atoms with van der Waals surface area (Å²) >= 11 is 0. The van der Waals surface area contributed by atoms with E-state index in [0.717, 1.165) is 25.7 Å². The number of rotatable bonds is 1. The fraction of sp³-hybridized carbons (Fsp3) is 1.00. The Labute approximate surface area is 67.2 Å². The third-order valence-corrected chi connectivity index (χ3v) is 3.41. The molecule has 1 spiro atoms. The molecule has 0 radical (unpaired) electrons. The predicted octanol–water partition coefficient (Wildman–Crippen LogP) is 2.01. The van der Waals surface area contributed by atoms with Crippen molar-refractivity contribution in [3.8, 4) is 0 Å². The molecule has 2 N–H and O–H groups in total. The smallest absolute Gasteiger partial charge is 0.111 e. The van der Waals surface area contributed by atoms with Gasteiger partial charge < -0.3 is 5.73 Å². The SMILES string of the molecule is CCC1(F)CC2(CC(N)C2)C1. The summed E-state index contributed by atoms with van der Waals surface area (Å²) in [6.45, 7) is 1.94. The van der Waals surface area contributed by atoms with Gasteiger partial charge in [0.2, 0.25) is 0 Å². The third kappa shape index (κ3) is 0.994. The van der Waals surface area contributed by atoms with Gasteiger partial charge in [-0.2, -0.15) is 0 Å². The topological polar surface area (TPSA) is 26.0 Å². The molecule has 64 valence electrons.